The van der Waals surface area contributed by atoms with Crippen LogP contribution in [0.3, 0.4) is 0 Å². The van der Waals surface area contributed by atoms with Crippen molar-refractivity contribution in [1.29, 1.82) is 0 Å². The molecule has 37 heavy (non-hydrogen) atoms. The van der Waals surface area contributed by atoms with Gasteiger partial charge in [-0.1, -0.05) is 23.2 Å². The van der Waals surface area contributed by atoms with Gasteiger partial charge in [-0.25, -0.2) is 13.8 Å². The fourth-order valence-corrected chi connectivity index (χ4v) is 5.36. The third-order valence-corrected chi connectivity index (χ3v) is 7.58. The van der Waals surface area contributed by atoms with Crippen LogP contribution in [0.2, 0.25) is 10.2 Å². The molecule has 11 heteroatoms. The highest BCUT2D eigenvalue weighted by Gasteiger charge is 2.31. The smallest absolute Gasteiger partial charge is 0.303 e. The zero-order valence-electron chi connectivity index (χ0n) is 20.4. The molecule has 0 unspecified atom stereocenters. The number of piperidine rings is 1. The number of carbonyl (C=O) groups excluding carboxylic acids is 2. The second-order valence-corrected chi connectivity index (χ2v) is 10.3. The molecule has 0 aliphatic carbocycles. The Morgan fingerprint density at radius 2 is 1.81 bits per heavy atom. The highest BCUT2D eigenvalue weighted by atomic mass is 35.5. The van der Waals surface area contributed by atoms with Crippen molar-refractivity contribution in [3.63, 3.8) is 0 Å². The van der Waals surface area contributed by atoms with Gasteiger partial charge in [-0.05, 0) is 49.4 Å². The molecule has 1 aromatic carbocycles. The molecular formula is C26H25Cl2F2N3O4. The largest absolute Gasteiger partial charge is 0.481 e. The number of alkyl halides is 2. The maximum absolute atomic E-state index is 14.0. The zero-order valence-corrected chi connectivity index (χ0v) is 22.0. The molecule has 1 aliphatic heterocycles. The number of aryl methyl sites for hydroxylation is 2. The SMILES string of the molecule is Cc1cc(C(C)(F)F)cc2c1cc(C(=O)c1c(Cl)ncc(C(=O)N3CCC(CC(=O)O)CC3)c1Cl)n2C. The molecule has 4 rings (SSSR count). The van der Waals surface area contributed by atoms with Crippen molar-refractivity contribution in [2.75, 3.05) is 13.1 Å². The number of pyridine rings is 1. The minimum absolute atomic E-state index is 0.00829. The predicted molar refractivity (Wildman–Crippen MR) is 136 cm³/mol. The van der Waals surface area contributed by atoms with Crippen LogP contribution in [-0.4, -0.2) is 50.3 Å². The molecule has 3 aromatic rings. The summed E-state index contributed by atoms with van der Waals surface area (Å²) in [6.45, 7) is 3.20. The van der Waals surface area contributed by atoms with Crippen LogP contribution in [0.1, 0.15) is 63.7 Å². The predicted octanol–water partition coefficient (Wildman–Crippen LogP) is 5.86. The first-order valence-corrected chi connectivity index (χ1v) is 12.4. The fourth-order valence-electron chi connectivity index (χ4n) is 4.78. The van der Waals surface area contributed by atoms with E-state index in [1.54, 1.807) is 24.9 Å². The van der Waals surface area contributed by atoms with E-state index in [9.17, 15) is 23.2 Å². The van der Waals surface area contributed by atoms with E-state index in [4.69, 9.17) is 28.3 Å². The molecule has 0 spiro atoms. The van der Waals surface area contributed by atoms with Gasteiger partial charge in [0.05, 0.1) is 21.8 Å². The quantitative estimate of drug-likeness (QED) is 0.306. The Morgan fingerprint density at radius 1 is 1.16 bits per heavy atom. The molecule has 2 aromatic heterocycles. The fraction of sp³-hybridized carbons (Fsp3) is 0.385. The average Bonchev–Trinajstić information content (AvgIpc) is 3.15. The lowest BCUT2D eigenvalue weighted by Gasteiger charge is -2.31. The number of halogens is 4. The number of fused-ring (bicyclic) bond motifs is 1. The lowest BCUT2D eigenvalue weighted by atomic mass is 9.93. The summed E-state index contributed by atoms with van der Waals surface area (Å²) in [6, 6.07) is 4.31. The molecule has 1 aliphatic rings. The van der Waals surface area contributed by atoms with E-state index in [0.29, 0.717) is 42.4 Å². The summed E-state index contributed by atoms with van der Waals surface area (Å²) in [5.74, 6) is -4.97. The first-order valence-electron chi connectivity index (χ1n) is 11.7. The molecule has 0 saturated carbocycles. The Balaban J connectivity index is 1.68. The first-order chi connectivity index (χ1) is 17.3. The Hall–Kier alpha value is -3.04. The zero-order chi connectivity index (χ0) is 27.2. The van der Waals surface area contributed by atoms with E-state index < -0.39 is 23.6 Å². The highest BCUT2D eigenvalue weighted by Crippen LogP contribution is 2.35. The van der Waals surface area contributed by atoms with Crippen molar-refractivity contribution in [2.24, 2.45) is 13.0 Å². The van der Waals surface area contributed by atoms with Crippen LogP contribution in [0.5, 0.6) is 0 Å². The van der Waals surface area contributed by atoms with E-state index in [0.717, 1.165) is 6.92 Å². The molecule has 1 amide bonds. The van der Waals surface area contributed by atoms with Gasteiger partial charge in [0.2, 0.25) is 5.78 Å². The molecule has 7 nitrogen and oxygen atoms in total. The van der Waals surface area contributed by atoms with Crippen LogP contribution in [0.15, 0.2) is 24.4 Å². The lowest BCUT2D eigenvalue weighted by Crippen LogP contribution is -2.39. The van der Waals surface area contributed by atoms with Crippen LogP contribution < -0.4 is 0 Å². The summed E-state index contributed by atoms with van der Waals surface area (Å²) in [5.41, 5.74) is 0.855. The second-order valence-electron chi connectivity index (χ2n) is 9.52. The van der Waals surface area contributed by atoms with Crippen LogP contribution in [0, 0.1) is 12.8 Å². The second kappa shape index (κ2) is 10.0. The van der Waals surface area contributed by atoms with Crippen LogP contribution >= 0.6 is 23.2 Å². The average molecular weight is 552 g/mol. The number of carbonyl (C=O) groups is 3. The molecular weight excluding hydrogens is 527 g/mol. The lowest BCUT2D eigenvalue weighted by molar-refractivity contribution is -0.138. The van der Waals surface area contributed by atoms with Crippen molar-refractivity contribution in [3.05, 3.63) is 62.5 Å². The number of carboxylic acids is 1. The van der Waals surface area contributed by atoms with Gasteiger partial charge in [-0.2, -0.15) is 0 Å². The molecule has 0 radical (unpaired) electrons. The summed E-state index contributed by atoms with van der Waals surface area (Å²) in [4.78, 5) is 43.4. The van der Waals surface area contributed by atoms with Crippen molar-refractivity contribution < 1.29 is 28.3 Å². The highest BCUT2D eigenvalue weighted by molar-refractivity contribution is 6.42. The monoisotopic (exact) mass is 551 g/mol. The Bertz CT molecular complexity index is 1420. The van der Waals surface area contributed by atoms with E-state index in [1.807, 2.05) is 0 Å². The minimum atomic E-state index is -3.05. The number of nitrogens with zero attached hydrogens (tertiary/aromatic N) is 3. The van der Waals surface area contributed by atoms with Crippen LogP contribution in [-0.2, 0) is 17.8 Å². The summed E-state index contributed by atoms with van der Waals surface area (Å²) < 4.78 is 29.5. The molecule has 1 N–H and O–H groups in total. The van der Waals surface area contributed by atoms with Crippen molar-refractivity contribution in [2.45, 2.75) is 39.0 Å². The van der Waals surface area contributed by atoms with Gasteiger partial charge in [0.1, 0.15) is 5.15 Å². The Labute approximate surface area is 222 Å². The molecule has 0 atom stereocenters. The van der Waals surface area contributed by atoms with Gasteiger partial charge in [-0.15, -0.1) is 0 Å². The van der Waals surface area contributed by atoms with E-state index >= 15 is 0 Å². The minimum Gasteiger partial charge on any atom is -0.481 e. The Kier molecular flexibility index (Phi) is 7.32. The molecule has 0 bridgehead atoms. The van der Waals surface area contributed by atoms with Gasteiger partial charge in [-0.3, -0.25) is 14.4 Å². The van der Waals surface area contributed by atoms with E-state index in [1.165, 1.54) is 22.9 Å². The number of rotatable bonds is 6. The maximum Gasteiger partial charge on any atom is 0.303 e. The third kappa shape index (κ3) is 5.20. The van der Waals surface area contributed by atoms with Gasteiger partial charge in [0.15, 0.2) is 0 Å². The van der Waals surface area contributed by atoms with E-state index in [2.05, 4.69) is 4.98 Å². The number of aromatic nitrogens is 2. The molecule has 1 saturated heterocycles. The number of amides is 1. The van der Waals surface area contributed by atoms with Gasteiger partial charge in [0, 0.05) is 56.1 Å². The van der Waals surface area contributed by atoms with Crippen LogP contribution in [0.25, 0.3) is 10.9 Å². The summed E-state index contributed by atoms with van der Waals surface area (Å²) in [6.07, 6.45) is 2.34. The molecule has 3 heterocycles. The van der Waals surface area contributed by atoms with Crippen LogP contribution in [0.4, 0.5) is 8.78 Å². The number of aliphatic carboxylic acids is 1. The normalized spacial score (nSPS) is 14.8. The summed E-state index contributed by atoms with van der Waals surface area (Å²) >= 11 is 12.8. The number of hydrogen-bond acceptors (Lipinski definition) is 4. The molecule has 196 valence electrons. The number of ketones is 1. The summed E-state index contributed by atoms with van der Waals surface area (Å²) in [5, 5.41) is 9.29. The van der Waals surface area contributed by atoms with Crippen molar-refractivity contribution in [1.82, 2.24) is 14.5 Å². The number of likely N-dealkylation sites (tertiary alicyclic amines) is 1. The maximum atomic E-state index is 14.0. The third-order valence-electron chi connectivity index (χ3n) is 6.90. The number of benzene rings is 1. The summed E-state index contributed by atoms with van der Waals surface area (Å²) in [7, 11) is 1.58. The standard InChI is InChI=1S/C26H25Cl2F2N3O4/c1-13-8-15(26(2,29)30)10-18-16(13)11-19(32(18)3)23(36)21-22(27)17(12-31-24(21)28)25(37)33-6-4-14(5-7-33)9-20(34)35/h8,10-12,14H,4-7,9H2,1-3H3,(H,34,35). The number of carboxylic acid groups (broad SMARTS) is 1. The van der Waals surface area contributed by atoms with Crippen molar-refractivity contribution >= 4 is 51.8 Å². The topological polar surface area (TPSA) is 92.5 Å². The van der Waals surface area contributed by atoms with Gasteiger partial charge in [0.25, 0.3) is 11.8 Å². The van der Waals surface area contributed by atoms with Gasteiger partial charge >= 0.3 is 5.97 Å². The van der Waals surface area contributed by atoms with E-state index in [-0.39, 0.29) is 44.9 Å². The Morgan fingerprint density at radius 3 is 2.41 bits per heavy atom. The van der Waals surface area contributed by atoms with Gasteiger partial charge < -0.3 is 14.6 Å². The molecule has 1 fully saturated rings. The first kappa shape index (κ1) is 27.0. The van der Waals surface area contributed by atoms with Crippen molar-refractivity contribution in [3.8, 4) is 0 Å². The number of hydrogen-bond donors (Lipinski definition) is 1.